The molecule has 4 nitrogen and oxygen atoms in total. The van der Waals surface area contributed by atoms with Crippen LogP contribution in [0.25, 0.3) is 0 Å². The maximum absolute atomic E-state index is 12.6. The van der Waals surface area contributed by atoms with Crippen molar-refractivity contribution in [3.63, 3.8) is 0 Å². The van der Waals surface area contributed by atoms with Crippen LogP contribution in [0.2, 0.25) is 0 Å². The number of rotatable bonds is 6. The van der Waals surface area contributed by atoms with Crippen molar-refractivity contribution >= 4 is 11.6 Å². The third-order valence-corrected chi connectivity index (χ3v) is 3.42. The van der Waals surface area contributed by atoms with E-state index in [2.05, 4.69) is 0 Å². The molecule has 0 aliphatic heterocycles. The Hall–Kier alpha value is -1.71. The third kappa shape index (κ3) is 3.19. The summed E-state index contributed by atoms with van der Waals surface area (Å²) in [5.41, 5.74) is 6.96. The van der Waals surface area contributed by atoms with Crippen LogP contribution < -0.4 is 10.5 Å². The topological polar surface area (TPSA) is 55.6 Å². The normalized spacial score (nSPS) is 14.2. The molecule has 0 bridgehead atoms. The molecule has 1 aromatic rings. The van der Waals surface area contributed by atoms with Gasteiger partial charge in [-0.15, -0.1) is 0 Å². The van der Waals surface area contributed by atoms with E-state index < -0.39 is 0 Å². The Morgan fingerprint density at radius 1 is 1.42 bits per heavy atom. The van der Waals surface area contributed by atoms with Crippen molar-refractivity contribution in [1.29, 1.82) is 0 Å². The molecule has 0 heterocycles. The maximum atomic E-state index is 12.6. The van der Waals surface area contributed by atoms with E-state index in [1.807, 2.05) is 24.8 Å². The second-order valence-corrected chi connectivity index (χ2v) is 4.94. The molecule has 0 aromatic heterocycles. The number of nitrogens with zero attached hydrogens (tertiary/aromatic N) is 1. The van der Waals surface area contributed by atoms with Crippen LogP contribution in [-0.4, -0.2) is 30.5 Å². The molecule has 0 radical (unpaired) electrons. The molecule has 1 fully saturated rings. The Labute approximate surface area is 114 Å². The van der Waals surface area contributed by atoms with Crippen LogP contribution in [0.3, 0.4) is 0 Å². The van der Waals surface area contributed by atoms with Crippen molar-refractivity contribution in [2.75, 3.05) is 25.4 Å². The first-order valence-electron chi connectivity index (χ1n) is 6.97. The number of hydrogen-bond donors (Lipinski definition) is 1. The largest absolute Gasteiger partial charge is 0.493 e. The van der Waals surface area contributed by atoms with E-state index >= 15 is 0 Å². The molecule has 104 valence electrons. The summed E-state index contributed by atoms with van der Waals surface area (Å²) in [6.45, 7) is 5.96. The lowest BCUT2D eigenvalue weighted by Gasteiger charge is -2.23. The second-order valence-electron chi connectivity index (χ2n) is 4.94. The van der Waals surface area contributed by atoms with Crippen LogP contribution >= 0.6 is 0 Å². The first-order chi connectivity index (χ1) is 9.17. The van der Waals surface area contributed by atoms with Gasteiger partial charge in [0.25, 0.3) is 5.91 Å². The number of carbonyl (C=O) groups is 1. The first-order valence-corrected chi connectivity index (χ1v) is 6.97. The molecule has 4 heteroatoms. The van der Waals surface area contributed by atoms with E-state index in [0.29, 0.717) is 36.1 Å². The average molecular weight is 262 g/mol. The maximum Gasteiger partial charge on any atom is 0.259 e. The van der Waals surface area contributed by atoms with Crippen LogP contribution in [0, 0.1) is 5.92 Å². The Bertz CT molecular complexity index is 455. The Balaban J connectivity index is 2.24. The molecular weight excluding hydrogens is 240 g/mol. The molecular formula is C15H22N2O2. The van der Waals surface area contributed by atoms with Crippen LogP contribution in [0.1, 0.15) is 37.0 Å². The molecule has 1 aromatic carbocycles. The summed E-state index contributed by atoms with van der Waals surface area (Å²) in [4.78, 5) is 14.5. The fraction of sp³-hybridized carbons (Fsp3) is 0.533. The van der Waals surface area contributed by atoms with Gasteiger partial charge in [0, 0.05) is 18.8 Å². The van der Waals surface area contributed by atoms with Crippen LogP contribution in [0.15, 0.2) is 18.2 Å². The van der Waals surface area contributed by atoms with Gasteiger partial charge in [0.2, 0.25) is 0 Å². The molecule has 0 spiro atoms. The van der Waals surface area contributed by atoms with E-state index in [0.717, 1.165) is 6.54 Å². The van der Waals surface area contributed by atoms with Crippen LogP contribution in [0.4, 0.5) is 5.69 Å². The quantitative estimate of drug-likeness (QED) is 0.801. The van der Waals surface area contributed by atoms with Gasteiger partial charge in [0.15, 0.2) is 0 Å². The summed E-state index contributed by atoms with van der Waals surface area (Å²) in [6.07, 6.45) is 2.46. The molecule has 1 aliphatic carbocycles. The first kappa shape index (κ1) is 13.7. The zero-order valence-corrected chi connectivity index (χ0v) is 11.7. The van der Waals surface area contributed by atoms with Gasteiger partial charge in [-0.2, -0.15) is 0 Å². The lowest BCUT2D eigenvalue weighted by molar-refractivity contribution is 0.0754. The lowest BCUT2D eigenvalue weighted by Crippen LogP contribution is -2.33. The molecule has 1 aliphatic rings. The van der Waals surface area contributed by atoms with Crippen molar-refractivity contribution in [3.05, 3.63) is 23.8 Å². The summed E-state index contributed by atoms with van der Waals surface area (Å²) in [6, 6.07) is 5.37. The van der Waals surface area contributed by atoms with Gasteiger partial charge >= 0.3 is 0 Å². The molecule has 1 saturated carbocycles. The molecule has 1 amide bonds. The fourth-order valence-electron chi connectivity index (χ4n) is 2.18. The minimum atomic E-state index is -0.0176. The van der Waals surface area contributed by atoms with Gasteiger partial charge < -0.3 is 15.4 Å². The summed E-state index contributed by atoms with van der Waals surface area (Å²) in [5, 5.41) is 0. The lowest BCUT2D eigenvalue weighted by atomic mass is 10.1. The van der Waals surface area contributed by atoms with Gasteiger partial charge in [0.1, 0.15) is 11.3 Å². The number of carbonyl (C=O) groups excluding carboxylic acids is 1. The molecule has 0 atom stereocenters. The molecule has 0 unspecified atom stereocenters. The summed E-state index contributed by atoms with van der Waals surface area (Å²) in [5.74, 6) is 1.24. The van der Waals surface area contributed by atoms with Gasteiger partial charge in [0.05, 0.1) is 6.61 Å². The second kappa shape index (κ2) is 5.95. The van der Waals surface area contributed by atoms with Gasteiger partial charge in [-0.05, 0) is 44.7 Å². The number of benzene rings is 1. The van der Waals surface area contributed by atoms with Gasteiger partial charge in [-0.3, -0.25) is 4.79 Å². The van der Waals surface area contributed by atoms with E-state index in [1.54, 1.807) is 12.1 Å². The fourth-order valence-corrected chi connectivity index (χ4v) is 2.18. The van der Waals surface area contributed by atoms with Crippen molar-refractivity contribution in [2.24, 2.45) is 5.92 Å². The summed E-state index contributed by atoms with van der Waals surface area (Å²) < 4.78 is 5.53. The Kier molecular flexibility index (Phi) is 4.30. The van der Waals surface area contributed by atoms with E-state index in [9.17, 15) is 4.79 Å². The zero-order valence-electron chi connectivity index (χ0n) is 11.7. The monoisotopic (exact) mass is 262 g/mol. The number of anilines is 1. The highest BCUT2D eigenvalue weighted by Crippen LogP contribution is 2.32. The number of nitrogens with two attached hydrogens (primary N) is 1. The third-order valence-electron chi connectivity index (χ3n) is 3.42. The van der Waals surface area contributed by atoms with Crippen molar-refractivity contribution < 1.29 is 9.53 Å². The van der Waals surface area contributed by atoms with Crippen molar-refractivity contribution in [2.45, 2.75) is 26.7 Å². The van der Waals surface area contributed by atoms with Crippen LogP contribution in [0.5, 0.6) is 5.75 Å². The summed E-state index contributed by atoms with van der Waals surface area (Å²) in [7, 11) is 0. The number of ether oxygens (including phenoxy) is 1. The highest BCUT2D eigenvalue weighted by atomic mass is 16.5. The predicted octanol–water partition coefficient (Wildman–Crippen LogP) is 2.54. The van der Waals surface area contributed by atoms with E-state index in [4.69, 9.17) is 10.5 Å². The highest BCUT2D eigenvalue weighted by molar-refractivity contribution is 6.01. The van der Waals surface area contributed by atoms with Gasteiger partial charge in [-0.25, -0.2) is 0 Å². The Morgan fingerprint density at radius 2 is 2.16 bits per heavy atom. The average Bonchev–Trinajstić information content (AvgIpc) is 3.20. The van der Waals surface area contributed by atoms with Crippen LogP contribution in [-0.2, 0) is 0 Å². The van der Waals surface area contributed by atoms with Gasteiger partial charge in [-0.1, -0.05) is 6.07 Å². The predicted molar refractivity (Wildman–Crippen MR) is 76.3 cm³/mol. The molecule has 2 N–H and O–H groups in total. The minimum absolute atomic E-state index is 0.0176. The number of nitrogen functional groups attached to an aromatic ring is 1. The van der Waals surface area contributed by atoms with Crippen molar-refractivity contribution in [1.82, 2.24) is 4.90 Å². The van der Waals surface area contributed by atoms with E-state index in [-0.39, 0.29) is 5.91 Å². The number of hydrogen-bond acceptors (Lipinski definition) is 3. The zero-order chi connectivity index (χ0) is 13.8. The Morgan fingerprint density at radius 3 is 2.74 bits per heavy atom. The molecule has 0 saturated heterocycles. The molecule has 19 heavy (non-hydrogen) atoms. The highest BCUT2D eigenvalue weighted by Gasteiger charge is 2.28. The smallest absolute Gasteiger partial charge is 0.259 e. The molecule has 2 rings (SSSR count). The minimum Gasteiger partial charge on any atom is -0.493 e. The standard InChI is InChI=1S/C15H22N2O2/c1-3-17(10-11-8-9-11)15(18)14-12(16)6-5-7-13(14)19-4-2/h5-7,11H,3-4,8-10,16H2,1-2H3. The van der Waals surface area contributed by atoms with E-state index in [1.165, 1.54) is 12.8 Å². The van der Waals surface area contributed by atoms with Crippen molar-refractivity contribution in [3.8, 4) is 5.75 Å². The number of amides is 1. The SMILES string of the molecule is CCOc1cccc(N)c1C(=O)N(CC)CC1CC1. The summed E-state index contributed by atoms with van der Waals surface area (Å²) >= 11 is 0.